The standard InChI is InChI=1S/C16H19NO2/c1-11(2)15(10-18)16(19)17-14-8-7-12-5-3-4-6-13(12)9-14/h3-9,11,15,18H,10H2,1-2H3,(H,17,19). The van der Waals surface area contributed by atoms with Gasteiger partial charge in [-0.2, -0.15) is 0 Å². The van der Waals surface area contributed by atoms with E-state index in [9.17, 15) is 9.90 Å². The summed E-state index contributed by atoms with van der Waals surface area (Å²) >= 11 is 0. The Morgan fingerprint density at radius 3 is 2.47 bits per heavy atom. The van der Waals surface area contributed by atoms with Crippen LogP contribution in [0.3, 0.4) is 0 Å². The molecule has 0 aromatic heterocycles. The summed E-state index contributed by atoms with van der Waals surface area (Å²) in [6.45, 7) is 3.73. The number of fused-ring (bicyclic) bond motifs is 1. The van der Waals surface area contributed by atoms with E-state index in [-0.39, 0.29) is 24.3 Å². The van der Waals surface area contributed by atoms with Gasteiger partial charge in [0, 0.05) is 5.69 Å². The lowest BCUT2D eigenvalue weighted by Gasteiger charge is -2.17. The van der Waals surface area contributed by atoms with Crippen LogP contribution in [0.4, 0.5) is 5.69 Å². The molecule has 0 bridgehead atoms. The van der Waals surface area contributed by atoms with Crippen molar-refractivity contribution < 1.29 is 9.90 Å². The molecule has 2 aromatic carbocycles. The van der Waals surface area contributed by atoms with E-state index >= 15 is 0 Å². The number of anilines is 1. The molecule has 1 unspecified atom stereocenters. The highest BCUT2D eigenvalue weighted by Gasteiger charge is 2.21. The Bertz CT molecular complexity index is 578. The van der Waals surface area contributed by atoms with Crippen molar-refractivity contribution in [2.75, 3.05) is 11.9 Å². The Morgan fingerprint density at radius 2 is 1.84 bits per heavy atom. The predicted octanol–water partition coefficient (Wildman–Crippen LogP) is 3.04. The van der Waals surface area contributed by atoms with E-state index in [1.165, 1.54) is 0 Å². The second kappa shape index (κ2) is 5.85. The molecule has 2 rings (SSSR count). The third-order valence-electron chi connectivity index (χ3n) is 3.36. The van der Waals surface area contributed by atoms with Gasteiger partial charge in [0.2, 0.25) is 5.91 Å². The quantitative estimate of drug-likeness (QED) is 0.884. The van der Waals surface area contributed by atoms with Gasteiger partial charge in [0.15, 0.2) is 0 Å². The predicted molar refractivity (Wildman–Crippen MR) is 78.0 cm³/mol. The lowest BCUT2D eigenvalue weighted by atomic mass is 9.96. The molecule has 0 aliphatic carbocycles. The maximum Gasteiger partial charge on any atom is 0.230 e. The molecule has 19 heavy (non-hydrogen) atoms. The number of rotatable bonds is 4. The lowest BCUT2D eigenvalue weighted by molar-refractivity contribution is -0.122. The van der Waals surface area contributed by atoms with Crippen molar-refractivity contribution in [1.29, 1.82) is 0 Å². The highest BCUT2D eigenvalue weighted by atomic mass is 16.3. The molecule has 0 saturated carbocycles. The van der Waals surface area contributed by atoms with Gasteiger partial charge in [-0.1, -0.05) is 44.2 Å². The molecule has 100 valence electrons. The first-order valence-corrected chi connectivity index (χ1v) is 6.52. The summed E-state index contributed by atoms with van der Waals surface area (Å²) in [5.41, 5.74) is 0.766. The summed E-state index contributed by atoms with van der Waals surface area (Å²) in [4.78, 5) is 12.1. The molecule has 1 amide bonds. The number of amides is 1. The SMILES string of the molecule is CC(C)C(CO)C(=O)Nc1ccc2ccccc2c1. The monoisotopic (exact) mass is 257 g/mol. The maximum atomic E-state index is 12.1. The third kappa shape index (κ3) is 3.12. The fraction of sp³-hybridized carbons (Fsp3) is 0.312. The van der Waals surface area contributed by atoms with Crippen molar-refractivity contribution in [3.8, 4) is 0 Å². The molecule has 0 aliphatic heterocycles. The Labute approximate surface area is 113 Å². The first-order chi connectivity index (χ1) is 9.11. The van der Waals surface area contributed by atoms with Crippen molar-refractivity contribution in [3.05, 3.63) is 42.5 Å². The molecule has 2 aromatic rings. The van der Waals surface area contributed by atoms with Gasteiger partial charge in [0.25, 0.3) is 0 Å². The minimum atomic E-state index is -0.369. The number of aliphatic hydroxyl groups excluding tert-OH is 1. The molecule has 2 N–H and O–H groups in total. The van der Waals surface area contributed by atoms with Gasteiger partial charge in [0.05, 0.1) is 12.5 Å². The van der Waals surface area contributed by atoms with Crippen molar-refractivity contribution in [1.82, 2.24) is 0 Å². The van der Waals surface area contributed by atoms with Gasteiger partial charge < -0.3 is 10.4 Å². The minimum Gasteiger partial charge on any atom is -0.396 e. The molecule has 0 spiro atoms. The van der Waals surface area contributed by atoms with Crippen molar-refractivity contribution in [3.63, 3.8) is 0 Å². The Kier molecular flexibility index (Phi) is 4.17. The summed E-state index contributed by atoms with van der Waals surface area (Å²) in [5.74, 6) is -0.385. The van der Waals surface area contributed by atoms with E-state index in [4.69, 9.17) is 0 Å². The third-order valence-corrected chi connectivity index (χ3v) is 3.36. The largest absolute Gasteiger partial charge is 0.396 e. The smallest absolute Gasteiger partial charge is 0.230 e. The molecular formula is C16H19NO2. The van der Waals surface area contributed by atoms with Crippen LogP contribution in [0, 0.1) is 11.8 Å². The second-order valence-corrected chi connectivity index (χ2v) is 5.08. The summed E-state index contributed by atoms with van der Waals surface area (Å²) < 4.78 is 0. The van der Waals surface area contributed by atoms with Crippen LogP contribution in [-0.4, -0.2) is 17.6 Å². The number of benzene rings is 2. The summed E-state index contributed by atoms with van der Waals surface area (Å²) in [7, 11) is 0. The van der Waals surface area contributed by atoms with Crippen LogP contribution in [0.25, 0.3) is 10.8 Å². The fourth-order valence-corrected chi connectivity index (χ4v) is 2.10. The van der Waals surface area contributed by atoms with Crippen LogP contribution in [0.1, 0.15) is 13.8 Å². The van der Waals surface area contributed by atoms with Gasteiger partial charge in [-0.15, -0.1) is 0 Å². The highest BCUT2D eigenvalue weighted by Crippen LogP contribution is 2.20. The maximum absolute atomic E-state index is 12.1. The van der Waals surface area contributed by atoms with Crippen molar-refractivity contribution in [2.45, 2.75) is 13.8 Å². The van der Waals surface area contributed by atoms with Crippen LogP contribution < -0.4 is 5.32 Å². The Hall–Kier alpha value is -1.87. The van der Waals surface area contributed by atoms with Crippen LogP contribution >= 0.6 is 0 Å². The molecule has 1 atom stereocenters. The average Bonchev–Trinajstić information content (AvgIpc) is 2.39. The minimum absolute atomic E-state index is 0.116. The molecule has 0 aliphatic rings. The van der Waals surface area contributed by atoms with Crippen molar-refractivity contribution in [2.24, 2.45) is 11.8 Å². The zero-order valence-electron chi connectivity index (χ0n) is 11.3. The van der Waals surface area contributed by atoms with Gasteiger partial charge in [-0.3, -0.25) is 4.79 Å². The van der Waals surface area contributed by atoms with E-state index in [1.54, 1.807) is 0 Å². The second-order valence-electron chi connectivity index (χ2n) is 5.08. The van der Waals surface area contributed by atoms with Crippen LogP contribution in [0.2, 0.25) is 0 Å². The first kappa shape index (κ1) is 13.6. The number of nitrogens with one attached hydrogen (secondary N) is 1. The number of carbonyl (C=O) groups is 1. The molecule has 0 saturated heterocycles. The molecular weight excluding hydrogens is 238 g/mol. The van der Waals surface area contributed by atoms with E-state index in [0.717, 1.165) is 16.5 Å². The Morgan fingerprint density at radius 1 is 1.16 bits per heavy atom. The Balaban J connectivity index is 2.19. The zero-order chi connectivity index (χ0) is 13.8. The molecule has 0 heterocycles. The lowest BCUT2D eigenvalue weighted by Crippen LogP contribution is -2.29. The van der Waals surface area contributed by atoms with Gasteiger partial charge >= 0.3 is 0 Å². The van der Waals surface area contributed by atoms with E-state index in [0.29, 0.717) is 0 Å². The van der Waals surface area contributed by atoms with Crippen LogP contribution in [-0.2, 0) is 4.79 Å². The van der Waals surface area contributed by atoms with E-state index in [2.05, 4.69) is 5.32 Å². The van der Waals surface area contributed by atoms with Gasteiger partial charge in [0.1, 0.15) is 0 Å². The normalized spacial score (nSPS) is 12.6. The number of hydrogen-bond donors (Lipinski definition) is 2. The highest BCUT2D eigenvalue weighted by molar-refractivity contribution is 5.95. The zero-order valence-corrected chi connectivity index (χ0v) is 11.3. The first-order valence-electron chi connectivity index (χ1n) is 6.52. The number of carbonyl (C=O) groups excluding carboxylic acids is 1. The van der Waals surface area contributed by atoms with Crippen molar-refractivity contribution >= 4 is 22.4 Å². The molecule has 3 nitrogen and oxygen atoms in total. The molecule has 0 radical (unpaired) electrons. The van der Waals surface area contributed by atoms with E-state index < -0.39 is 0 Å². The van der Waals surface area contributed by atoms with E-state index in [1.807, 2.05) is 56.3 Å². The van der Waals surface area contributed by atoms with Gasteiger partial charge in [-0.25, -0.2) is 0 Å². The van der Waals surface area contributed by atoms with Gasteiger partial charge in [-0.05, 0) is 28.8 Å². The fourth-order valence-electron chi connectivity index (χ4n) is 2.10. The number of aliphatic hydroxyl groups is 1. The summed E-state index contributed by atoms with van der Waals surface area (Å²) in [6, 6.07) is 13.8. The number of hydrogen-bond acceptors (Lipinski definition) is 2. The van der Waals surface area contributed by atoms with Crippen LogP contribution in [0.5, 0.6) is 0 Å². The topological polar surface area (TPSA) is 49.3 Å². The average molecular weight is 257 g/mol. The summed E-state index contributed by atoms with van der Waals surface area (Å²) in [5, 5.41) is 14.4. The molecule has 3 heteroatoms. The molecule has 0 fully saturated rings. The van der Waals surface area contributed by atoms with Crippen LogP contribution in [0.15, 0.2) is 42.5 Å². The summed E-state index contributed by atoms with van der Waals surface area (Å²) in [6.07, 6.45) is 0.